The molecular formula is C15H26N2OS. The fourth-order valence-electron chi connectivity index (χ4n) is 2.35. The van der Waals surface area contributed by atoms with E-state index in [9.17, 15) is 4.79 Å². The van der Waals surface area contributed by atoms with E-state index in [1.165, 1.54) is 6.42 Å². The van der Waals surface area contributed by atoms with Gasteiger partial charge >= 0.3 is 0 Å². The second kappa shape index (κ2) is 7.75. The molecule has 0 saturated heterocycles. The molecule has 0 fully saturated rings. The van der Waals surface area contributed by atoms with Crippen LogP contribution in [-0.4, -0.2) is 31.1 Å². The summed E-state index contributed by atoms with van der Waals surface area (Å²) in [5.41, 5.74) is 1.88. The summed E-state index contributed by atoms with van der Waals surface area (Å²) in [6.45, 7) is 12.7. The van der Waals surface area contributed by atoms with Gasteiger partial charge in [-0.25, -0.2) is 0 Å². The lowest BCUT2D eigenvalue weighted by atomic mass is 9.96. The highest BCUT2D eigenvalue weighted by molar-refractivity contribution is 7.71. The van der Waals surface area contributed by atoms with E-state index >= 15 is 0 Å². The molecule has 0 amide bonds. The van der Waals surface area contributed by atoms with Crippen LogP contribution in [0.4, 0.5) is 5.69 Å². The molecule has 1 aromatic carbocycles. The Hall–Kier alpha value is -0.740. The summed E-state index contributed by atoms with van der Waals surface area (Å²) in [5, 5.41) is 3.34. The highest BCUT2D eigenvalue weighted by Crippen LogP contribution is 2.25. The summed E-state index contributed by atoms with van der Waals surface area (Å²) in [5.74, 6) is 0.261. The maximum atomic E-state index is 11.6. The van der Waals surface area contributed by atoms with Crippen LogP contribution in [0, 0.1) is 4.51 Å². The highest BCUT2D eigenvalue weighted by Gasteiger charge is 2.19. The van der Waals surface area contributed by atoms with Crippen molar-refractivity contribution in [2.45, 2.75) is 46.5 Å². The summed E-state index contributed by atoms with van der Waals surface area (Å²) < 4.78 is 0.493. The van der Waals surface area contributed by atoms with Crippen LogP contribution < -0.4 is 10.7 Å². The second-order valence-corrected chi connectivity index (χ2v) is 5.67. The van der Waals surface area contributed by atoms with Gasteiger partial charge in [-0.2, -0.15) is 0 Å². The van der Waals surface area contributed by atoms with Gasteiger partial charge in [-0.15, -0.1) is 0 Å². The zero-order valence-corrected chi connectivity index (χ0v) is 13.4. The molecule has 0 unspecified atom stereocenters. The molecule has 4 heteroatoms. The van der Waals surface area contributed by atoms with Gasteiger partial charge in [0.25, 0.3) is 0 Å². The van der Waals surface area contributed by atoms with Crippen molar-refractivity contribution in [2.75, 3.05) is 31.5 Å². The van der Waals surface area contributed by atoms with Crippen LogP contribution in [0.15, 0.2) is 4.79 Å². The zero-order valence-electron chi connectivity index (χ0n) is 12.6. The Morgan fingerprint density at radius 3 is 2.37 bits per heavy atom. The van der Waals surface area contributed by atoms with Crippen LogP contribution in [-0.2, 0) is 0 Å². The third-order valence-corrected chi connectivity index (χ3v) is 4.01. The Morgan fingerprint density at radius 1 is 1.21 bits per heavy atom. The predicted molar refractivity (Wildman–Crippen MR) is 85.5 cm³/mol. The summed E-state index contributed by atoms with van der Waals surface area (Å²) in [4.78, 5) is 14.1. The number of nitrogens with one attached hydrogen (secondary N) is 1. The first kappa shape index (κ1) is 16.3. The quantitative estimate of drug-likeness (QED) is 0.556. The van der Waals surface area contributed by atoms with Gasteiger partial charge in [0, 0.05) is 12.1 Å². The molecule has 1 N–H and O–H groups in total. The van der Waals surface area contributed by atoms with Gasteiger partial charge in [-0.1, -0.05) is 39.9 Å². The first-order valence-electron chi connectivity index (χ1n) is 7.32. The molecule has 108 valence electrons. The van der Waals surface area contributed by atoms with Crippen molar-refractivity contribution in [1.82, 2.24) is 4.90 Å². The van der Waals surface area contributed by atoms with E-state index in [2.05, 4.69) is 24.1 Å². The lowest BCUT2D eigenvalue weighted by Gasteiger charge is -2.19. The number of anilines is 1. The van der Waals surface area contributed by atoms with E-state index in [0.717, 1.165) is 43.9 Å². The largest absolute Gasteiger partial charge is 0.383 e. The molecule has 1 aromatic rings. The van der Waals surface area contributed by atoms with Crippen LogP contribution in [0.2, 0.25) is 0 Å². The highest BCUT2D eigenvalue weighted by atomic mass is 32.1. The number of nitrogens with zero attached hydrogens (tertiary/aromatic N) is 1. The third kappa shape index (κ3) is 4.11. The molecule has 0 heterocycles. The second-order valence-electron chi connectivity index (χ2n) is 5.26. The molecule has 19 heavy (non-hydrogen) atoms. The average Bonchev–Trinajstić information content (AvgIpc) is 2.40. The molecule has 0 aliphatic carbocycles. The van der Waals surface area contributed by atoms with E-state index in [1.807, 2.05) is 13.8 Å². The van der Waals surface area contributed by atoms with Gasteiger partial charge in [0.1, 0.15) is 4.51 Å². The molecule has 0 saturated carbocycles. The summed E-state index contributed by atoms with van der Waals surface area (Å²) in [7, 11) is 0. The molecule has 0 aromatic heterocycles. The molecule has 0 radical (unpaired) electrons. The Balaban J connectivity index is 2.33. The van der Waals surface area contributed by atoms with Crippen LogP contribution in [0.3, 0.4) is 0 Å². The van der Waals surface area contributed by atoms with Gasteiger partial charge < -0.3 is 10.2 Å². The smallest absolute Gasteiger partial charge is 0.204 e. The van der Waals surface area contributed by atoms with Crippen LogP contribution >= 0.6 is 12.2 Å². The molecular weight excluding hydrogens is 256 g/mol. The minimum atomic E-state index is 0.0654. The van der Waals surface area contributed by atoms with Gasteiger partial charge in [-0.3, -0.25) is 4.79 Å². The van der Waals surface area contributed by atoms with Gasteiger partial charge in [0.2, 0.25) is 5.43 Å². The molecule has 0 bridgehead atoms. The Bertz CT molecular complexity index is 457. The zero-order chi connectivity index (χ0) is 14.4. The Morgan fingerprint density at radius 2 is 1.84 bits per heavy atom. The number of rotatable bonds is 9. The minimum absolute atomic E-state index is 0.0654. The molecule has 0 spiro atoms. The van der Waals surface area contributed by atoms with Crippen LogP contribution in [0.5, 0.6) is 0 Å². The van der Waals surface area contributed by atoms with Gasteiger partial charge in [0.05, 0.1) is 5.69 Å². The Kier molecular flexibility index (Phi) is 6.66. The van der Waals surface area contributed by atoms with E-state index in [0.29, 0.717) is 4.51 Å². The molecule has 1 rings (SSSR count). The topological polar surface area (TPSA) is 32.3 Å². The molecule has 0 aliphatic heterocycles. The van der Waals surface area contributed by atoms with Crippen molar-refractivity contribution >= 4 is 17.9 Å². The van der Waals surface area contributed by atoms with E-state index < -0.39 is 0 Å². The maximum Gasteiger partial charge on any atom is 0.204 e. The molecule has 0 aliphatic rings. The monoisotopic (exact) mass is 282 g/mol. The van der Waals surface area contributed by atoms with Gasteiger partial charge in [-0.05, 0) is 38.4 Å². The maximum absolute atomic E-state index is 11.6. The fraction of sp³-hybridized carbons (Fsp3) is 0.733. The van der Waals surface area contributed by atoms with E-state index in [4.69, 9.17) is 12.2 Å². The molecule has 0 atom stereocenters. The van der Waals surface area contributed by atoms with E-state index in [1.54, 1.807) is 0 Å². The standard InChI is InChI=1S/C15H26N2OS/c1-5-17(6-2)10-8-7-9-16-13-12(11(3)4)14(18)15(13)19/h11,16H,5-10H2,1-4H3. The van der Waals surface area contributed by atoms with Gasteiger partial charge in [0.15, 0.2) is 0 Å². The predicted octanol–water partition coefficient (Wildman–Crippen LogP) is 3.31. The first-order valence-corrected chi connectivity index (χ1v) is 7.73. The van der Waals surface area contributed by atoms with Crippen molar-refractivity contribution in [3.8, 4) is 0 Å². The summed E-state index contributed by atoms with van der Waals surface area (Å²) in [6, 6.07) is 0. The van der Waals surface area contributed by atoms with Crippen molar-refractivity contribution < 1.29 is 0 Å². The SMILES string of the molecule is CCN(CC)CCCCNc1c(C(C)C)c(=O)c1=S. The number of hydrogen-bond acceptors (Lipinski definition) is 4. The lowest BCUT2D eigenvalue weighted by Crippen LogP contribution is -2.25. The molecule has 3 nitrogen and oxygen atoms in total. The Labute approximate surface area is 121 Å². The van der Waals surface area contributed by atoms with Crippen molar-refractivity contribution in [3.05, 3.63) is 20.3 Å². The number of unbranched alkanes of at least 4 members (excludes halogenated alkanes) is 1. The van der Waals surface area contributed by atoms with Crippen LogP contribution in [0.1, 0.15) is 52.0 Å². The summed E-state index contributed by atoms with van der Waals surface area (Å²) >= 11 is 5.10. The van der Waals surface area contributed by atoms with Crippen molar-refractivity contribution in [3.63, 3.8) is 0 Å². The first-order chi connectivity index (χ1) is 9.02. The average molecular weight is 282 g/mol. The minimum Gasteiger partial charge on any atom is -0.383 e. The number of hydrogen-bond donors (Lipinski definition) is 1. The lowest BCUT2D eigenvalue weighted by molar-refractivity contribution is 0.298. The summed E-state index contributed by atoms with van der Waals surface area (Å²) in [6.07, 6.45) is 2.29. The van der Waals surface area contributed by atoms with Crippen molar-refractivity contribution in [2.24, 2.45) is 0 Å². The van der Waals surface area contributed by atoms with E-state index in [-0.39, 0.29) is 11.3 Å². The van der Waals surface area contributed by atoms with Crippen LogP contribution in [0.25, 0.3) is 0 Å². The van der Waals surface area contributed by atoms with Crippen molar-refractivity contribution in [1.29, 1.82) is 0 Å². The normalized spacial score (nSPS) is 11.7. The third-order valence-electron chi connectivity index (χ3n) is 3.62. The fourth-order valence-corrected chi connectivity index (χ4v) is 2.64.